The summed E-state index contributed by atoms with van der Waals surface area (Å²) >= 11 is 0. The lowest BCUT2D eigenvalue weighted by Crippen LogP contribution is -2.44. The Bertz CT molecular complexity index is 502. The summed E-state index contributed by atoms with van der Waals surface area (Å²) in [4.78, 5) is 24.7. The number of benzene rings is 1. The maximum absolute atomic E-state index is 12.2. The highest BCUT2D eigenvalue weighted by molar-refractivity contribution is 5.76. The van der Waals surface area contributed by atoms with Crippen LogP contribution in [0.15, 0.2) is 24.3 Å². The summed E-state index contributed by atoms with van der Waals surface area (Å²) < 4.78 is 0. The normalized spacial score (nSPS) is 13.3. The first kappa shape index (κ1) is 17.0. The fraction of sp³-hybridized carbons (Fsp3) is 0.500. The van der Waals surface area contributed by atoms with Gasteiger partial charge in [-0.1, -0.05) is 31.2 Å². The topological polar surface area (TPSA) is 69.6 Å². The number of nitrogens with zero attached hydrogens (tertiary/aromatic N) is 1. The molecule has 0 saturated heterocycles. The van der Waals surface area contributed by atoms with Gasteiger partial charge in [0.2, 0.25) is 0 Å². The van der Waals surface area contributed by atoms with Crippen LogP contribution < -0.4 is 5.32 Å². The molecule has 5 heteroatoms. The van der Waals surface area contributed by atoms with Crippen molar-refractivity contribution in [2.75, 3.05) is 13.1 Å². The molecule has 0 spiro atoms. The molecule has 0 radical (unpaired) electrons. The summed E-state index contributed by atoms with van der Waals surface area (Å²) in [5.74, 6) is -1.47. The highest BCUT2D eigenvalue weighted by atomic mass is 16.4. The molecule has 2 unspecified atom stereocenters. The van der Waals surface area contributed by atoms with Gasteiger partial charge in [-0.25, -0.2) is 4.79 Å². The van der Waals surface area contributed by atoms with Crippen LogP contribution in [0.1, 0.15) is 37.9 Å². The first-order chi connectivity index (χ1) is 9.86. The molecule has 0 aliphatic rings. The van der Waals surface area contributed by atoms with Crippen LogP contribution in [0, 0.1) is 12.8 Å². The summed E-state index contributed by atoms with van der Waals surface area (Å²) in [6.07, 6.45) is 0. The number of carbonyl (C=O) groups is 2. The number of hydrogen-bond acceptors (Lipinski definition) is 2. The molecule has 116 valence electrons. The number of urea groups is 1. The first-order valence-corrected chi connectivity index (χ1v) is 7.20. The third-order valence-electron chi connectivity index (χ3n) is 3.58. The Morgan fingerprint density at radius 2 is 1.90 bits per heavy atom. The maximum atomic E-state index is 12.2. The van der Waals surface area contributed by atoms with Crippen molar-refractivity contribution >= 4 is 12.0 Å². The van der Waals surface area contributed by atoms with Gasteiger partial charge in [0.25, 0.3) is 0 Å². The second-order valence-corrected chi connectivity index (χ2v) is 5.31. The van der Waals surface area contributed by atoms with Gasteiger partial charge in [0.05, 0.1) is 12.0 Å². The number of hydrogen-bond donors (Lipinski definition) is 2. The second kappa shape index (κ2) is 7.67. The minimum absolute atomic E-state index is 0.118. The van der Waals surface area contributed by atoms with Crippen molar-refractivity contribution in [1.82, 2.24) is 10.2 Å². The van der Waals surface area contributed by atoms with Gasteiger partial charge in [0.15, 0.2) is 0 Å². The Hall–Kier alpha value is -2.04. The fourth-order valence-corrected chi connectivity index (χ4v) is 2.19. The molecule has 0 aromatic heterocycles. The van der Waals surface area contributed by atoms with Gasteiger partial charge in [-0.3, -0.25) is 4.79 Å². The number of aryl methyl sites for hydroxylation is 1. The summed E-state index contributed by atoms with van der Waals surface area (Å²) in [6.45, 7) is 8.05. The van der Waals surface area contributed by atoms with Crippen LogP contribution in [0.25, 0.3) is 0 Å². The van der Waals surface area contributed by atoms with Crippen LogP contribution in [0.2, 0.25) is 0 Å². The number of carboxylic acid groups (broad SMARTS) is 1. The van der Waals surface area contributed by atoms with Crippen LogP contribution in [-0.4, -0.2) is 35.1 Å². The van der Waals surface area contributed by atoms with Crippen LogP contribution in [0.3, 0.4) is 0 Å². The van der Waals surface area contributed by atoms with E-state index in [0.29, 0.717) is 6.54 Å². The molecule has 2 N–H and O–H groups in total. The molecule has 0 aliphatic heterocycles. The monoisotopic (exact) mass is 292 g/mol. The number of carboxylic acids is 1. The zero-order valence-corrected chi connectivity index (χ0v) is 13.1. The Labute approximate surface area is 126 Å². The number of carbonyl (C=O) groups excluding carboxylic acids is 1. The van der Waals surface area contributed by atoms with Crippen molar-refractivity contribution in [1.29, 1.82) is 0 Å². The minimum Gasteiger partial charge on any atom is -0.481 e. The van der Waals surface area contributed by atoms with Crippen molar-refractivity contribution < 1.29 is 14.7 Å². The van der Waals surface area contributed by atoms with Gasteiger partial charge in [0, 0.05) is 13.1 Å². The Morgan fingerprint density at radius 1 is 1.29 bits per heavy atom. The molecule has 2 amide bonds. The summed E-state index contributed by atoms with van der Waals surface area (Å²) in [5.41, 5.74) is 2.18. The molecular formula is C16H24N2O3. The lowest BCUT2D eigenvalue weighted by Gasteiger charge is -2.26. The quantitative estimate of drug-likeness (QED) is 0.847. The summed E-state index contributed by atoms with van der Waals surface area (Å²) in [6, 6.07) is 7.53. The molecule has 1 aromatic rings. The van der Waals surface area contributed by atoms with Crippen molar-refractivity contribution in [2.24, 2.45) is 5.92 Å². The number of amides is 2. The van der Waals surface area contributed by atoms with Crippen molar-refractivity contribution in [3.05, 3.63) is 35.4 Å². The van der Waals surface area contributed by atoms with Crippen LogP contribution in [-0.2, 0) is 4.79 Å². The standard InChI is InChI=1S/C16H24N2O3/c1-5-18(10-12(3)15(19)20)16(21)17-13(4)14-9-7-6-8-11(14)2/h6-9,12-13H,5,10H2,1-4H3,(H,17,21)(H,19,20). The number of rotatable bonds is 6. The minimum atomic E-state index is -0.895. The Balaban J connectivity index is 2.70. The second-order valence-electron chi connectivity index (χ2n) is 5.31. The van der Waals surface area contributed by atoms with E-state index in [0.717, 1.165) is 11.1 Å². The van der Waals surface area contributed by atoms with Gasteiger partial charge in [-0.2, -0.15) is 0 Å². The van der Waals surface area contributed by atoms with E-state index in [1.54, 1.807) is 6.92 Å². The highest BCUT2D eigenvalue weighted by Crippen LogP contribution is 2.17. The Morgan fingerprint density at radius 3 is 2.43 bits per heavy atom. The van der Waals surface area contributed by atoms with Crippen LogP contribution in [0.5, 0.6) is 0 Å². The lowest BCUT2D eigenvalue weighted by atomic mass is 10.0. The number of aliphatic carboxylic acids is 1. The molecule has 1 rings (SSSR count). The SMILES string of the molecule is CCN(CC(C)C(=O)O)C(=O)NC(C)c1ccccc1C. The third-order valence-corrected chi connectivity index (χ3v) is 3.58. The highest BCUT2D eigenvalue weighted by Gasteiger charge is 2.21. The predicted octanol–water partition coefficient (Wildman–Crippen LogP) is 2.81. The van der Waals surface area contributed by atoms with E-state index in [1.807, 2.05) is 45.0 Å². The van der Waals surface area contributed by atoms with E-state index in [-0.39, 0.29) is 18.6 Å². The van der Waals surface area contributed by atoms with Crippen molar-refractivity contribution in [3.8, 4) is 0 Å². The van der Waals surface area contributed by atoms with E-state index in [9.17, 15) is 9.59 Å². The molecule has 21 heavy (non-hydrogen) atoms. The molecule has 0 bridgehead atoms. The van der Waals surface area contributed by atoms with E-state index in [4.69, 9.17) is 5.11 Å². The predicted molar refractivity (Wildman–Crippen MR) is 82.2 cm³/mol. The smallest absolute Gasteiger partial charge is 0.317 e. The zero-order chi connectivity index (χ0) is 16.0. The lowest BCUT2D eigenvalue weighted by molar-refractivity contribution is -0.141. The molecule has 1 aromatic carbocycles. The fourth-order valence-electron chi connectivity index (χ4n) is 2.19. The zero-order valence-electron chi connectivity index (χ0n) is 13.1. The summed E-state index contributed by atoms with van der Waals surface area (Å²) in [5, 5.41) is 11.9. The molecule has 0 heterocycles. The Kier molecular flexibility index (Phi) is 6.21. The average molecular weight is 292 g/mol. The molecule has 0 aliphatic carbocycles. The molecule has 0 fully saturated rings. The summed E-state index contributed by atoms with van der Waals surface area (Å²) in [7, 11) is 0. The maximum Gasteiger partial charge on any atom is 0.317 e. The van der Waals surface area contributed by atoms with Gasteiger partial charge in [-0.15, -0.1) is 0 Å². The molecule has 2 atom stereocenters. The average Bonchev–Trinajstić information content (AvgIpc) is 2.44. The van der Waals surface area contributed by atoms with Crippen LogP contribution >= 0.6 is 0 Å². The van der Waals surface area contributed by atoms with E-state index < -0.39 is 11.9 Å². The van der Waals surface area contributed by atoms with E-state index in [2.05, 4.69) is 5.32 Å². The number of nitrogens with one attached hydrogen (secondary N) is 1. The molecular weight excluding hydrogens is 268 g/mol. The van der Waals surface area contributed by atoms with Crippen molar-refractivity contribution in [3.63, 3.8) is 0 Å². The largest absolute Gasteiger partial charge is 0.481 e. The molecule has 5 nitrogen and oxygen atoms in total. The molecule has 0 saturated carbocycles. The van der Waals surface area contributed by atoms with Gasteiger partial charge < -0.3 is 15.3 Å². The van der Waals surface area contributed by atoms with Gasteiger partial charge >= 0.3 is 12.0 Å². The van der Waals surface area contributed by atoms with Gasteiger partial charge in [0.1, 0.15) is 0 Å². The van der Waals surface area contributed by atoms with Crippen LogP contribution in [0.4, 0.5) is 4.79 Å². The van der Waals surface area contributed by atoms with Gasteiger partial charge in [-0.05, 0) is 31.9 Å². The van der Waals surface area contributed by atoms with Crippen molar-refractivity contribution in [2.45, 2.75) is 33.7 Å². The first-order valence-electron chi connectivity index (χ1n) is 7.20. The van der Waals surface area contributed by atoms with E-state index >= 15 is 0 Å². The van der Waals surface area contributed by atoms with E-state index in [1.165, 1.54) is 4.90 Å². The third kappa shape index (κ3) is 4.77.